The van der Waals surface area contributed by atoms with Gasteiger partial charge in [-0.1, -0.05) is 13.0 Å². The first kappa shape index (κ1) is 8.74. The maximum Gasteiger partial charge on any atom is 0.0702 e. The number of hydrogen-bond donors (Lipinski definition) is 1. The van der Waals surface area contributed by atoms with Crippen LogP contribution in [0.1, 0.15) is 18.1 Å². The number of pyridine rings is 1. The normalized spacial score (nSPS) is 11.9. The molecule has 2 heteroatoms. The number of aliphatic hydroxyl groups excluding tert-OH is 1. The van der Waals surface area contributed by atoms with Gasteiger partial charge in [-0.05, 0) is 36.2 Å². The summed E-state index contributed by atoms with van der Waals surface area (Å²) >= 11 is 0. The largest absolute Gasteiger partial charge is 0.392 e. The van der Waals surface area contributed by atoms with Crippen LogP contribution in [0.25, 0.3) is 16.6 Å². The lowest BCUT2D eigenvalue weighted by atomic mass is 10.1. The van der Waals surface area contributed by atoms with Crippen molar-refractivity contribution in [1.29, 1.82) is 0 Å². The summed E-state index contributed by atoms with van der Waals surface area (Å²) in [5.74, 6) is 0. The average Bonchev–Trinajstić information content (AvgIpc) is 2.83. The summed E-state index contributed by atoms with van der Waals surface area (Å²) in [5.41, 5.74) is 5.97. The van der Waals surface area contributed by atoms with Crippen LogP contribution >= 0.6 is 0 Å². The van der Waals surface area contributed by atoms with Crippen molar-refractivity contribution in [3.8, 4) is 0 Å². The van der Waals surface area contributed by atoms with Gasteiger partial charge in [-0.15, -0.1) is 0 Å². The second-order valence-corrected chi connectivity index (χ2v) is 3.91. The molecule has 3 aromatic rings. The van der Waals surface area contributed by atoms with Crippen molar-refractivity contribution in [1.82, 2.24) is 4.40 Å². The predicted molar refractivity (Wildman–Crippen MR) is 61.4 cm³/mol. The Kier molecular flexibility index (Phi) is 1.73. The number of rotatable bonds is 2. The second-order valence-electron chi connectivity index (χ2n) is 3.91. The van der Waals surface area contributed by atoms with E-state index in [9.17, 15) is 5.11 Å². The fourth-order valence-corrected chi connectivity index (χ4v) is 2.37. The Morgan fingerprint density at radius 3 is 2.53 bits per heavy atom. The van der Waals surface area contributed by atoms with E-state index < -0.39 is 0 Å². The molecular formula is C13H13NO. The summed E-state index contributed by atoms with van der Waals surface area (Å²) in [6.07, 6.45) is 1.01. The van der Waals surface area contributed by atoms with E-state index in [1.165, 1.54) is 22.1 Å². The van der Waals surface area contributed by atoms with E-state index in [2.05, 4.69) is 35.6 Å². The number of aliphatic hydroxyl groups is 1. The molecule has 1 N–H and O–H groups in total. The smallest absolute Gasteiger partial charge is 0.0702 e. The molecule has 3 rings (SSSR count). The minimum Gasteiger partial charge on any atom is -0.392 e. The molecule has 0 aromatic carbocycles. The third-order valence-corrected chi connectivity index (χ3v) is 3.10. The Morgan fingerprint density at radius 2 is 1.80 bits per heavy atom. The van der Waals surface area contributed by atoms with Crippen molar-refractivity contribution in [2.45, 2.75) is 20.0 Å². The van der Waals surface area contributed by atoms with Gasteiger partial charge in [0, 0.05) is 16.6 Å². The molecule has 15 heavy (non-hydrogen) atoms. The Labute approximate surface area is 88.1 Å². The summed E-state index contributed by atoms with van der Waals surface area (Å²) in [6.45, 7) is 2.26. The highest BCUT2D eigenvalue weighted by Crippen LogP contribution is 2.27. The molecule has 2 nitrogen and oxygen atoms in total. The summed E-state index contributed by atoms with van der Waals surface area (Å²) in [6, 6.07) is 10.5. The summed E-state index contributed by atoms with van der Waals surface area (Å²) in [4.78, 5) is 0. The van der Waals surface area contributed by atoms with E-state index >= 15 is 0 Å². The lowest BCUT2D eigenvalue weighted by Crippen LogP contribution is -1.92. The molecule has 0 spiro atoms. The van der Waals surface area contributed by atoms with Gasteiger partial charge in [0.25, 0.3) is 0 Å². The van der Waals surface area contributed by atoms with Gasteiger partial charge in [-0.3, -0.25) is 0 Å². The maximum absolute atomic E-state index is 9.34. The Hall–Kier alpha value is -1.54. The van der Waals surface area contributed by atoms with Crippen LogP contribution in [-0.2, 0) is 13.0 Å². The molecule has 0 aliphatic rings. The molecule has 0 bridgehead atoms. The molecular weight excluding hydrogens is 186 g/mol. The van der Waals surface area contributed by atoms with Gasteiger partial charge < -0.3 is 9.51 Å². The monoisotopic (exact) mass is 199 g/mol. The summed E-state index contributed by atoms with van der Waals surface area (Å²) in [5, 5.41) is 9.34. The zero-order chi connectivity index (χ0) is 10.4. The van der Waals surface area contributed by atoms with Gasteiger partial charge >= 0.3 is 0 Å². The van der Waals surface area contributed by atoms with Gasteiger partial charge in [0.05, 0.1) is 12.1 Å². The number of aromatic nitrogens is 1. The molecule has 0 saturated heterocycles. The van der Waals surface area contributed by atoms with Crippen LogP contribution in [0.3, 0.4) is 0 Å². The zero-order valence-corrected chi connectivity index (χ0v) is 8.70. The molecule has 0 aliphatic heterocycles. The standard InChI is InChI=1S/C13H13NO/c1-2-9-7-12-6-5-11-4-3-10(8-15)13(9)14(11)12/h3-7,15H,2,8H2,1H3. The van der Waals surface area contributed by atoms with E-state index in [1.807, 2.05) is 6.07 Å². The number of aryl methyl sites for hydroxylation is 1. The van der Waals surface area contributed by atoms with E-state index in [0.29, 0.717) is 0 Å². The topological polar surface area (TPSA) is 24.6 Å². The molecule has 0 aliphatic carbocycles. The third-order valence-electron chi connectivity index (χ3n) is 3.10. The van der Waals surface area contributed by atoms with E-state index in [0.717, 1.165) is 12.0 Å². The van der Waals surface area contributed by atoms with Crippen molar-refractivity contribution < 1.29 is 5.11 Å². The molecule has 76 valence electrons. The van der Waals surface area contributed by atoms with Crippen molar-refractivity contribution in [3.05, 3.63) is 41.5 Å². The highest BCUT2D eigenvalue weighted by molar-refractivity contribution is 5.80. The van der Waals surface area contributed by atoms with Gasteiger partial charge in [0.15, 0.2) is 0 Å². The molecule has 3 aromatic heterocycles. The van der Waals surface area contributed by atoms with E-state index in [1.54, 1.807) is 0 Å². The first-order valence-electron chi connectivity index (χ1n) is 5.30. The van der Waals surface area contributed by atoms with E-state index in [-0.39, 0.29) is 6.61 Å². The van der Waals surface area contributed by atoms with Crippen molar-refractivity contribution in [2.24, 2.45) is 0 Å². The number of nitrogens with zero attached hydrogens (tertiary/aromatic N) is 1. The molecule has 0 atom stereocenters. The van der Waals surface area contributed by atoms with Gasteiger partial charge in [0.2, 0.25) is 0 Å². The van der Waals surface area contributed by atoms with Crippen LogP contribution in [0.5, 0.6) is 0 Å². The van der Waals surface area contributed by atoms with Crippen LogP contribution in [0.2, 0.25) is 0 Å². The van der Waals surface area contributed by atoms with Crippen LogP contribution in [-0.4, -0.2) is 9.51 Å². The Morgan fingerprint density at radius 1 is 1.07 bits per heavy atom. The first-order valence-corrected chi connectivity index (χ1v) is 5.30. The van der Waals surface area contributed by atoms with Crippen LogP contribution in [0.4, 0.5) is 0 Å². The van der Waals surface area contributed by atoms with Gasteiger partial charge in [-0.25, -0.2) is 0 Å². The lowest BCUT2D eigenvalue weighted by Gasteiger charge is -2.04. The fourth-order valence-electron chi connectivity index (χ4n) is 2.37. The SMILES string of the molecule is CCc1cc2ccc3ccc(CO)c1n32. The highest BCUT2D eigenvalue weighted by atomic mass is 16.3. The Bertz CT molecular complexity index is 599. The molecule has 0 fully saturated rings. The minimum absolute atomic E-state index is 0.111. The van der Waals surface area contributed by atoms with Crippen molar-refractivity contribution in [2.75, 3.05) is 0 Å². The maximum atomic E-state index is 9.34. The van der Waals surface area contributed by atoms with Crippen LogP contribution < -0.4 is 0 Å². The highest BCUT2D eigenvalue weighted by Gasteiger charge is 2.11. The molecule has 3 heterocycles. The van der Waals surface area contributed by atoms with Crippen molar-refractivity contribution in [3.63, 3.8) is 0 Å². The third kappa shape index (κ3) is 1.03. The Balaban J connectivity index is 2.54. The molecule has 0 amide bonds. The summed E-state index contributed by atoms with van der Waals surface area (Å²) < 4.78 is 2.23. The van der Waals surface area contributed by atoms with E-state index in [4.69, 9.17) is 0 Å². The predicted octanol–water partition coefficient (Wildman–Crippen LogP) is 2.59. The lowest BCUT2D eigenvalue weighted by molar-refractivity contribution is 0.283. The van der Waals surface area contributed by atoms with Crippen molar-refractivity contribution >= 4 is 16.6 Å². The van der Waals surface area contributed by atoms with Crippen LogP contribution in [0, 0.1) is 0 Å². The zero-order valence-electron chi connectivity index (χ0n) is 8.70. The number of hydrogen-bond acceptors (Lipinski definition) is 1. The van der Waals surface area contributed by atoms with Gasteiger partial charge in [-0.2, -0.15) is 0 Å². The molecule has 0 unspecified atom stereocenters. The quantitative estimate of drug-likeness (QED) is 0.674. The van der Waals surface area contributed by atoms with Gasteiger partial charge in [0.1, 0.15) is 0 Å². The second kappa shape index (κ2) is 2.97. The first-order chi connectivity index (χ1) is 7.35. The molecule has 0 saturated carbocycles. The summed E-state index contributed by atoms with van der Waals surface area (Å²) in [7, 11) is 0. The average molecular weight is 199 g/mol. The fraction of sp³-hybridized carbons (Fsp3) is 0.231. The molecule has 0 radical (unpaired) electrons. The minimum atomic E-state index is 0.111. The van der Waals surface area contributed by atoms with Crippen LogP contribution in [0.15, 0.2) is 30.3 Å².